The molecular formula is C16H22FN5O2S. The van der Waals surface area contributed by atoms with Gasteiger partial charge in [0.15, 0.2) is 0 Å². The molecule has 1 aliphatic heterocycles. The van der Waals surface area contributed by atoms with Crippen molar-refractivity contribution in [3.8, 4) is 11.3 Å². The lowest BCUT2D eigenvalue weighted by Gasteiger charge is -2.30. The fourth-order valence-electron chi connectivity index (χ4n) is 3.04. The van der Waals surface area contributed by atoms with E-state index >= 15 is 0 Å². The van der Waals surface area contributed by atoms with Crippen molar-refractivity contribution in [2.75, 3.05) is 25.5 Å². The molecule has 0 radical (unpaired) electrons. The Labute approximate surface area is 146 Å². The summed E-state index contributed by atoms with van der Waals surface area (Å²) in [6.45, 7) is 0.254. The summed E-state index contributed by atoms with van der Waals surface area (Å²) in [6.07, 6.45) is 6.78. The molecule has 2 aromatic heterocycles. The molecule has 25 heavy (non-hydrogen) atoms. The fraction of sp³-hybridized carbons (Fsp3) is 0.562. The van der Waals surface area contributed by atoms with Crippen LogP contribution in [0.5, 0.6) is 0 Å². The van der Waals surface area contributed by atoms with E-state index in [1.807, 2.05) is 19.3 Å². The Hall–Kier alpha value is -1.87. The van der Waals surface area contributed by atoms with Gasteiger partial charge in [-0.05, 0) is 25.3 Å². The lowest BCUT2D eigenvalue weighted by molar-refractivity contribution is 0.312. The van der Waals surface area contributed by atoms with Crippen LogP contribution in [-0.4, -0.2) is 58.0 Å². The van der Waals surface area contributed by atoms with Crippen molar-refractivity contribution in [3.05, 3.63) is 30.5 Å². The van der Waals surface area contributed by atoms with Gasteiger partial charge in [0, 0.05) is 44.0 Å². The SMILES string of the molecule is Cn1cc(-c2ccnc(C3CCN(S(=O)(=O)CCCF)CC3)n2)cn1. The summed E-state index contributed by atoms with van der Waals surface area (Å²) in [6, 6.07) is 1.84. The predicted molar refractivity (Wildman–Crippen MR) is 92.2 cm³/mol. The van der Waals surface area contributed by atoms with E-state index in [2.05, 4.69) is 15.1 Å². The number of rotatable bonds is 6. The molecule has 0 aromatic carbocycles. The molecule has 3 rings (SSSR count). The van der Waals surface area contributed by atoms with Crippen LogP contribution < -0.4 is 0 Å². The lowest BCUT2D eigenvalue weighted by atomic mass is 9.97. The summed E-state index contributed by atoms with van der Waals surface area (Å²) < 4.78 is 39.7. The van der Waals surface area contributed by atoms with E-state index in [1.165, 1.54) is 4.31 Å². The second-order valence-electron chi connectivity index (χ2n) is 6.23. The number of aryl methyl sites for hydroxylation is 1. The first kappa shape index (κ1) is 17.9. The molecule has 2 aromatic rings. The highest BCUT2D eigenvalue weighted by Gasteiger charge is 2.29. The minimum absolute atomic E-state index is 0.0541. The maximum Gasteiger partial charge on any atom is 0.214 e. The Bertz CT molecular complexity index is 815. The third-order valence-corrected chi connectivity index (χ3v) is 6.38. The second kappa shape index (κ2) is 7.57. The number of sulfonamides is 1. The Kier molecular flexibility index (Phi) is 5.43. The lowest BCUT2D eigenvalue weighted by Crippen LogP contribution is -2.39. The van der Waals surface area contributed by atoms with Crippen molar-refractivity contribution in [1.29, 1.82) is 0 Å². The van der Waals surface area contributed by atoms with Gasteiger partial charge < -0.3 is 0 Å². The molecule has 3 heterocycles. The van der Waals surface area contributed by atoms with Crippen LogP contribution in [0.1, 0.15) is 31.0 Å². The molecule has 9 heteroatoms. The summed E-state index contributed by atoms with van der Waals surface area (Å²) in [4.78, 5) is 9.01. The number of alkyl halides is 1. The zero-order valence-electron chi connectivity index (χ0n) is 14.2. The van der Waals surface area contributed by atoms with E-state index in [0.717, 1.165) is 17.1 Å². The van der Waals surface area contributed by atoms with Gasteiger partial charge in [0.05, 0.1) is 24.3 Å². The van der Waals surface area contributed by atoms with Gasteiger partial charge in [-0.1, -0.05) is 0 Å². The van der Waals surface area contributed by atoms with Gasteiger partial charge >= 0.3 is 0 Å². The second-order valence-corrected chi connectivity index (χ2v) is 8.32. The van der Waals surface area contributed by atoms with Crippen LogP contribution in [0.4, 0.5) is 4.39 Å². The van der Waals surface area contributed by atoms with Gasteiger partial charge in [-0.3, -0.25) is 9.07 Å². The van der Waals surface area contributed by atoms with Crippen LogP contribution in [0.15, 0.2) is 24.7 Å². The van der Waals surface area contributed by atoms with Crippen LogP contribution in [0.3, 0.4) is 0 Å². The Morgan fingerprint density at radius 2 is 2.08 bits per heavy atom. The predicted octanol–water partition coefficient (Wildman–Crippen LogP) is 1.75. The molecule has 1 saturated heterocycles. The molecule has 0 spiro atoms. The van der Waals surface area contributed by atoms with Gasteiger partial charge in [-0.25, -0.2) is 22.7 Å². The summed E-state index contributed by atoms with van der Waals surface area (Å²) >= 11 is 0. The number of nitrogens with zero attached hydrogens (tertiary/aromatic N) is 5. The van der Waals surface area contributed by atoms with Crippen molar-refractivity contribution in [3.63, 3.8) is 0 Å². The van der Waals surface area contributed by atoms with Crippen LogP contribution >= 0.6 is 0 Å². The van der Waals surface area contributed by atoms with E-state index in [9.17, 15) is 12.8 Å². The highest BCUT2D eigenvalue weighted by atomic mass is 32.2. The van der Waals surface area contributed by atoms with Gasteiger partial charge in [-0.2, -0.15) is 5.10 Å². The zero-order valence-corrected chi connectivity index (χ0v) is 15.0. The quantitative estimate of drug-likeness (QED) is 0.777. The monoisotopic (exact) mass is 367 g/mol. The highest BCUT2D eigenvalue weighted by molar-refractivity contribution is 7.89. The van der Waals surface area contributed by atoms with E-state index in [-0.39, 0.29) is 18.1 Å². The first-order chi connectivity index (χ1) is 12.0. The van der Waals surface area contributed by atoms with E-state index in [0.29, 0.717) is 25.9 Å². The topological polar surface area (TPSA) is 81.0 Å². The Morgan fingerprint density at radius 1 is 1.32 bits per heavy atom. The summed E-state index contributed by atoms with van der Waals surface area (Å²) in [5.74, 6) is 0.743. The molecule has 1 aliphatic rings. The van der Waals surface area contributed by atoms with Crippen molar-refractivity contribution in [1.82, 2.24) is 24.1 Å². The van der Waals surface area contributed by atoms with Crippen LogP contribution in [0.25, 0.3) is 11.3 Å². The zero-order chi connectivity index (χ0) is 17.9. The molecular weight excluding hydrogens is 345 g/mol. The van der Waals surface area contributed by atoms with Crippen LogP contribution in [0, 0.1) is 0 Å². The van der Waals surface area contributed by atoms with E-state index < -0.39 is 16.7 Å². The molecule has 7 nitrogen and oxygen atoms in total. The molecule has 0 amide bonds. The maximum atomic E-state index is 12.2. The van der Waals surface area contributed by atoms with E-state index in [1.54, 1.807) is 17.1 Å². The van der Waals surface area contributed by atoms with Crippen molar-refractivity contribution >= 4 is 10.0 Å². The molecule has 0 saturated carbocycles. The first-order valence-electron chi connectivity index (χ1n) is 8.35. The number of hydrogen-bond donors (Lipinski definition) is 0. The standard InChI is InChI=1S/C16H22FN5O2S/c1-21-12-14(11-19-21)15-3-7-18-16(20-15)13-4-8-22(9-5-13)25(23,24)10-2-6-17/h3,7,11-13H,2,4-6,8-10H2,1H3. The van der Waals surface area contributed by atoms with Gasteiger partial charge in [0.1, 0.15) is 5.82 Å². The molecule has 0 unspecified atom stereocenters. The minimum atomic E-state index is -3.36. The Balaban J connectivity index is 1.67. The third-order valence-electron chi connectivity index (χ3n) is 4.42. The molecule has 0 atom stereocenters. The largest absolute Gasteiger partial charge is 0.275 e. The molecule has 0 N–H and O–H groups in total. The number of piperidine rings is 1. The number of halogens is 1. The smallest absolute Gasteiger partial charge is 0.214 e. The van der Waals surface area contributed by atoms with Gasteiger partial charge in [0.2, 0.25) is 10.0 Å². The van der Waals surface area contributed by atoms with Crippen molar-refractivity contribution < 1.29 is 12.8 Å². The summed E-state index contributed by atoms with van der Waals surface area (Å²) in [5, 5.41) is 4.15. The minimum Gasteiger partial charge on any atom is -0.275 e. The van der Waals surface area contributed by atoms with Crippen molar-refractivity contribution in [2.45, 2.75) is 25.2 Å². The third kappa shape index (κ3) is 4.21. The van der Waals surface area contributed by atoms with Gasteiger partial charge in [-0.15, -0.1) is 0 Å². The summed E-state index contributed by atoms with van der Waals surface area (Å²) in [7, 11) is -1.51. The molecule has 1 fully saturated rings. The maximum absolute atomic E-state index is 12.2. The molecule has 0 bridgehead atoms. The number of hydrogen-bond acceptors (Lipinski definition) is 5. The number of aromatic nitrogens is 4. The van der Waals surface area contributed by atoms with Crippen LogP contribution in [-0.2, 0) is 17.1 Å². The van der Waals surface area contributed by atoms with E-state index in [4.69, 9.17) is 0 Å². The van der Waals surface area contributed by atoms with Crippen LogP contribution in [0.2, 0.25) is 0 Å². The molecule has 0 aliphatic carbocycles. The highest BCUT2D eigenvalue weighted by Crippen LogP contribution is 2.28. The average Bonchev–Trinajstić information content (AvgIpc) is 3.07. The first-order valence-corrected chi connectivity index (χ1v) is 9.96. The fourth-order valence-corrected chi connectivity index (χ4v) is 4.54. The Morgan fingerprint density at radius 3 is 2.72 bits per heavy atom. The average molecular weight is 367 g/mol. The normalized spacial score (nSPS) is 17.0. The summed E-state index contributed by atoms with van der Waals surface area (Å²) in [5.41, 5.74) is 1.74. The van der Waals surface area contributed by atoms with Crippen molar-refractivity contribution in [2.24, 2.45) is 7.05 Å². The molecule has 136 valence electrons. The van der Waals surface area contributed by atoms with Gasteiger partial charge in [0.25, 0.3) is 0 Å².